The normalized spacial score (nSPS) is 10.4. The molecule has 0 heterocycles. The predicted octanol–water partition coefficient (Wildman–Crippen LogP) is 2.59. The summed E-state index contributed by atoms with van der Waals surface area (Å²) in [6.45, 7) is 3.37. The summed E-state index contributed by atoms with van der Waals surface area (Å²) >= 11 is 0. The van der Waals surface area contributed by atoms with Crippen LogP contribution >= 0.6 is 0 Å². The lowest BCUT2D eigenvalue weighted by molar-refractivity contribution is -0.116. The molecule has 0 bridgehead atoms. The molecule has 4 nitrogen and oxygen atoms in total. The van der Waals surface area contributed by atoms with Crippen molar-refractivity contribution in [2.45, 2.75) is 13.8 Å². The van der Waals surface area contributed by atoms with E-state index >= 15 is 0 Å². The Morgan fingerprint density at radius 3 is 2.35 bits per heavy atom. The van der Waals surface area contributed by atoms with Crippen LogP contribution in [-0.2, 0) is 4.79 Å². The molecular weight excluding hydrogens is 218 g/mol. The van der Waals surface area contributed by atoms with Gasteiger partial charge < -0.3 is 9.47 Å². The average molecular weight is 235 g/mol. The van der Waals surface area contributed by atoms with Crippen molar-refractivity contribution in [1.82, 2.24) is 0 Å². The molecule has 0 unspecified atom stereocenters. The van der Waals surface area contributed by atoms with Crippen molar-refractivity contribution < 1.29 is 14.3 Å². The number of hydrogen-bond donors (Lipinski definition) is 0. The number of carbonyl (C=O) groups is 1. The van der Waals surface area contributed by atoms with Gasteiger partial charge in [0.05, 0.1) is 19.9 Å². The van der Waals surface area contributed by atoms with Crippen molar-refractivity contribution in [3.63, 3.8) is 0 Å². The van der Waals surface area contributed by atoms with Crippen LogP contribution in [0.25, 0.3) is 0 Å². The molecule has 1 rings (SSSR count). The van der Waals surface area contributed by atoms with E-state index < -0.39 is 0 Å². The molecule has 0 aliphatic carbocycles. The number of allylic oxidation sites excluding steroid dienone is 1. The molecule has 92 valence electrons. The topological polar surface area (TPSA) is 38.8 Å². The Morgan fingerprint density at radius 1 is 1.24 bits per heavy atom. The van der Waals surface area contributed by atoms with E-state index in [2.05, 4.69) is 0 Å². The smallest absolute Gasteiger partial charge is 0.227 e. The van der Waals surface area contributed by atoms with Gasteiger partial charge in [-0.3, -0.25) is 9.69 Å². The molecule has 0 spiro atoms. The highest BCUT2D eigenvalue weighted by Crippen LogP contribution is 2.31. The summed E-state index contributed by atoms with van der Waals surface area (Å²) in [5.41, 5.74) is 0.744. The Hall–Kier alpha value is -1.97. The van der Waals surface area contributed by atoms with Gasteiger partial charge in [-0.2, -0.15) is 0 Å². The van der Waals surface area contributed by atoms with Crippen LogP contribution in [-0.4, -0.2) is 20.1 Å². The van der Waals surface area contributed by atoms with Gasteiger partial charge in [-0.05, 0) is 19.1 Å². The first-order valence-electron chi connectivity index (χ1n) is 5.28. The summed E-state index contributed by atoms with van der Waals surface area (Å²) in [5, 5.41) is 0. The van der Waals surface area contributed by atoms with Gasteiger partial charge in [-0.15, -0.1) is 0 Å². The minimum absolute atomic E-state index is 0.0599. The maximum absolute atomic E-state index is 11.5. The van der Waals surface area contributed by atoms with Crippen LogP contribution in [0.1, 0.15) is 13.8 Å². The first-order valence-corrected chi connectivity index (χ1v) is 5.28. The van der Waals surface area contributed by atoms with Gasteiger partial charge in [0.25, 0.3) is 0 Å². The number of benzene rings is 1. The third kappa shape index (κ3) is 3.00. The first kappa shape index (κ1) is 13.1. The minimum atomic E-state index is -0.0599. The second-order valence-electron chi connectivity index (χ2n) is 3.41. The summed E-state index contributed by atoms with van der Waals surface area (Å²) in [4.78, 5) is 13.0. The zero-order valence-electron chi connectivity index (χ0n) is 10.6. The van der Waals surface area contributed by atoms with Crippen molar-refractivity contribution in [3.8, 4) is 11.5 Å². The van der Waals surface area contributed by atoms with E-state index in [0.717, 1.165) is 5.69 Å². The zero-order valence-corrected chi connectivity index (χ0v) is 10.6. The number of anilines is 1. The van der Waals surface area contributed by atoms with Crippen LogP contribution in [0.3, 0.4) is 0 Å². The standard InChI is InChI=1S/C13H17NO3/c1-5-8-14(10(2)15)11-6-7-12(16-3)13(9-11)17-4/h5-9H,1-4H3/b8-5-. The lowest BCUT2D eigenvalue weighted by Gasteiger charge is -2.18. The summed E-state index contributed by atoms with van der Waals surface area (Å²) in [7, 11) is 3.14. The molecule has 1 aromatic carbocycles. The van der Waals surface area contributed by atoms with E-state index in [1.807, 2.05) is 13.0 Å². The molecule has 0 aliphatic rings. The largest absolute Gasteiger partial charge is 0.493 e. The van der Waals surface area contributed by atoms with Crippen LogP contribution in [0.4, 0.5) is 5.69 Å². The maximum atomic E-state index is 11.5. The fourth-order valence-electron chi connectivity index (χ4n) is 1.50. The molecule has 0 aliphatic heterocycles. The maximum Gasteiger partial charge on any atom is 0.227 e. The quantitative estimate of drug-likeness (QED) is 0.805. The second-order valence-corrected chi connectivity index (χ2v) is 3.41. The van der Waals surface area contributed by atoms with Crippen molar-refractivity contribution in [2.24, 2.45) is 0 Å². The Kier molecular flexibility index (Phi) is 4.57. The fourth-order valence-corrected chi connectivity index (χ4v) is 1.50. The number of methoxy groups -OCH3 is 2. The van der Waals surface area contributed by atoms with Crippen molar-refractivity contribution in [1.29, 1.82) is 0 Å². The zero-order chi connectivity index (χ0) is 12.8. The monoisotopic (exact) mass is 235 g/mol. The van der Waals surface area contributed by atoms with Crippen molar-refractivity contribution >= 4 is 11.6 Å². The van der Waals surface area contributed by atoms with Crippen molar-refractivity contribution in [2.75, 3.05) is 19.1 Å². The molecular formula is C13H17NO3. The van der Waals surface area contributed by atoms with Gasteiger partial charge in [-0.25, -0.2) is 0 Å². The third-order valence-electron chi connectivity index (χ3n) is 2.28. The molecule has 4 heteroatoms. The highest BCUT2D eigenvalue weighted by Gasteiger charge is 2.11. The highest BCUT2D eigenvalue weighted by molar-refractivity contribution is 5.93. The Morgan fingerprint density at radius 2 is 1.88 bits per heavy atom. The lowest BCUT2D eigenvalue weighted by atomic mass is 10.2. The summed E-state index contributed by atoms with van der Waals surface area (Å²) in [6.07, 6.45) is 3.52. The molecule has 17 heavy (non-hydrogen) atoms. The van der Waals surface area contributed by atoms with E-state index in [9.17, 15) is 4.79 Å². The number of amides is 1. The predicted molar refractivity (Wildman–Crippen MR) is 67.5 cm³/mol. The molecule has 0 radical (unpaired) electrons. The van der Waals surface area contributed by atoms with Crippen LogP contribution in [0, 0.1) is 0 Å². The Bertz CT molecular complexity index is 427. The first-order chi connectivity index (χ1) is 8.13. The second kappa shape index (κ2) is 5.94. The molecule has 0 N–H and O–H groups in total. The number of nitrogens with zero attached hydrogens (tertiary/aromatic N) is 1. The number of rotatable bonds is 4. The number of carbonyl (C=O) groups excluding carboxylic acids is 1. The van der Waals surface area contributed by atoms with E-state index in [-0.39, 0.29) is 5.91 Å². The van der Waals surface area contributed by atoms with Crippen LogP contribution in [0.15, 0.2) is 30.5 Å². The Labute approximate surface area is 101 Å². The van der Waals surface area contributed by atoms with E-state index in [4.69, 9.17) is 9.47 Å². The van der Waals surface area contributed by atoms with Crippen LogP contribution in [0.5, 0.6) is 11.5 Å². The molecule has 0 aromatic heterocycles. The number of ether oxygens (including phenoxy) is 2. The van der Waals surface area contributed by atoms with Crippen LogP contribution < -0.4 is 14.4 Å². The lowest BCUT2D eigenvalue weighted by Crippen LogP contribution is -2.21. The SMILES string of the molecule is C/C=C\N(C(C)=O)c1ccc(OC)c(OC)c1. The van der Waals surface area contributed by atoms with Gasteiger partial charge in [0.2, 0.25) is 5.91 Å². The fraction of sp³-hybridized carbons (Fsp3) is 0.308. The Balaban J connectivity index is 3.17. The molecule has 0 atom stereocenters. The molecule has 0 saturated carbocycles. The highest BCUT2D eigenvalue weighted by atomic mass is 16.5. The molecule has 0 saturated heterocycles. The van der Waals surface area contributed by atoms with Gasteiger partial charge in [-0.1, -0.05) is 6.08 Å². The molecule has 1 amide bonds. The van der Waals surface area contributed by atoms with E-state index in [1.54, 1.807) is 43.5 Å². The minimum Gasteiger partial charge on any atom is -0.493 e. The summed E-state index contributed by atoms with van der Waals surface area (Å²) in [5.74, 6) is 1.18. The van der Waals surface area contributed by atoms with Gasteiger partial charge in [0.15, 0.2) is 11.5 Å². The third-order valence-corrected chi connectivity index (χ3v) is 2.28. The molecule has 1 aromatic rings. The van der Waals surface area contributed by atoms with Crippen LogP contribution in [0.2, 0.25) is 0 Å². The summed E-state index contributed by atoms with van der Waals surface area (Å²) < 4.78 is 10.3. The van der Waals surface area contributed by atoms with Gasteiger partial charge in [0, 0.05) is 19.2 Å². The van der Waals surface area contributed by atoms with Crippen molar-refractivity contribution in [3.05, 3.63) is 30.5 Å². The van der Waals surface area contributed by atoms with E-state index in [1.165, 1.54) is 6.92 Å². The average Bonchev–Trinajstić information content (AvgIpc) is 2.34. The molecule has 0 fully saturated rings. The van der Waals surface area contributed by atoms with Gasteiger partial charge in [0.1, 0.15) is 0 Å². The number of hydrogen-bond acceptors (Lipinski definition) is 3. The van der Waals surface area contributed by atoms with E-state index in [0.29, 0.717) is 11.5 Å². The summed E-state index contributed by atoms with van der Waals surface area (Å²) in [6, 6.07) is 5.34. The van der Waals surface area contributed by atoms with Gasteiger partial charge >= 0.3 is 0 Å².